The van der Waals surface area contributed by atoms with Crippen LogP contribution in [0.5, 0.6) is 0 Å². The zero-order valence-electron chi connectivity index (χ0n) is 10.9. The highest BCUT2D eigenvalue weighted by Crippen LogP contribution is 2.29. The Morgan fingerprint density at radius 3 is 2.35 bits per heavy atom. The van der Waals surface area contributed by atoms with E-state index in [1.807, 2.05) is 11.9 Å². The van der Waals surface area contributed by atoms with Crippen LogP contribution in [-0.2, 0) is 12.7 Å². The molecule has 1 heterocycles. The van der Waals surface area contributed by atoms with Crippen molar-refractivity contribution in [3.63, 3.8) is 0 Å². The molecule has 0 unspecified atom stereocenters. The Kier molecular flexibility index (Phi) is 3.83. The average molecular weight is 281 g/mol. The summed E-state index contributed by atoms with van der Waals surface area (Å²) in [5.41, 5.74) is 7.25. The Labute approximate surface area is 114 Å². The van der Waals surface area contributed by atoms with Crippen molar-refractivity contribution in [2.45, 2.75) is 12.7 Å². The summed E-state index contributed by atoms with van der Waals surface area (Å²) in [6.07, 6.45) is -1.15. The van der Waals surface area contributed by atoms with Gasteiger partial charge in [0.05, 0.1) is 23.1 Å². The number of hydrogen-bond donors (Lipinski definition) is 1. The van der Waals surface area contributed by atoms with Crippen LogP contribution in [-0.4, -0.2) is 12.0 Å². The van der Waals surface area contributed by atoms with Gasteiger partial charge in [-0.15, -0.1) is 0 Å². The lowest BCUT2D eigenvalue weighted by Crippen LogP contribution is -2.18. The molecule has 2 rings (SSSR count). The molecule has 0 fully saturated rings. The van der Waals surface area contributed by atoms with E-state index >= 15 is 0 Å². The number of benzene rings is 1. The molecule has 0 saturated heterocycles. The van der Waals surface area contributed by atoms with Crippen LogP contribution in [0.3, 0.4) is 0 Å². The maximum atomic E-state index is 12.5. The highest BCUT2D eigenvalue weighted by molar-refractivity contribution is 5.65. The number of nitrogens with two attached hydrogens (primary N) is 1. The van der Waals surface area contributed by atoms with Crippen molar-refractivity contribution in [1.29, 1.82) is 0 Å². The molecule has 2 aromatic rings. The highest BCUT2D eigenvalue weighted by Gasteiger charge is 2.29. The quantitative estimate of drug-likeness (QED) is 0.938. The van der Waals surface area contributed by atoms with Crippen LogP contribution in [0, 0.1) is 0 Å². The SMILES string of the molecule is CN(Cc1ccc(C(F)(F)F)cc1)c1ccncc1N. The molecule has 0 amide bonds. The van der Waals surface area contributed by atoms with Crippen LogP contribution in [0.15, 0.2) is 42.7 Å². The Balaban J connectivity index is 2.13. The molecule has 106 valence electrons. The minimum Gasteiger partial charge on any atom is -0.396 e. The summed E-state index contributed by atoms with van der Waals surface area (Å²) in [5, 5.41) is 0. The second kappa shape index (κ2) is 5.40. The Bertz CT molecular complexity index is 579. The third-order valence-electron chi connectivity index (χ3n) is 2.94. The topological polar surface area (TPSA) is 42.2 Å². The summed E-state index contributed by atoms with van der Waals surface area (Å²) < 4.78 is 37.4. The van der Waals surface area contributed by atoms with Crippen molar-refractivity contribution in [3.05, 3.63) is 53.9 Å². The lowest BCUT2D eigenvalue weighted by molar-refractivity contribution is -0.137. The molecule has 20 heavy (non-hydrogen) atoms. The fourth-order valence-electron chi connectivity index (χ4n) is 1.91. The minimum atomic E-state index is -4.31. The van der Waals surface area contributed by atoms with E-state index < -0.39 is 11.7 Å². The molecular formula is C14H14F3N3. The number of nitrogen functional groups attached to an aromatic ring is 1. The first-order chi connectivity index (χ1) is 9.38. The maximum Gasteiger partial charge on any atom is 0.416 e. The number of pyridine rings is 1. The van der Waals surface area contributed by atoms with Gasteiger partial charge in [-0.3, -0.25) is 4.98 Å². The highest BCUT2D eigenvalue weighted by atomic mass is 19.4. The summed E-state index contributed by atoms with van der Waals surface area (Å²) in [6, 6.07) is 6.87. The first kappa shape index (κ1) is 14.2. The summed E-state index contributed by atoms with van der Waals surface area (Å²) in [6.45, 7) is 0.465. The van der Waals surface area contributed by atoms with Gasteiger partial charge in [0.15, 0.2) is 0 Å². The molecule has 1 aromatic heterocycles. The molecule has 2 N–H and O–H groups in total. The van der Waals surface area contributed by atoms with Crippen molar-refractivity contribution in [1.82, 2.24) is 4.98 Å². The minimum absolute atomic E-state index is 0.465. The summed E-state index contributed by atoms with van der Waals surface area (Å²) in [5.74, 6) is 0. The molecule has 0 bridgehead atoms. The van der Waals surface area contributed by atoms with Gasteiger partial charge in [0.1, 0.15) is 0 Å². The van der Waals surface area contributed by atoms with Crippen LogP contribution >= 0.6 is 0 Å². The van der Waals surface area contributed by atoms with Gasteiger partial charge >= 0.3 is 6.18 Å². The lowest BCUT2D eigenvalue weighted by atomic mass is 10.1. The number of anilines is 2. The van der Waals surface area contributed by atoms with Crippen LogP contribution in [0.4, 0.5) is 24.5 Å². The van der Waals surface area contributed by atoms with Gasteiger partial charge in [0.25, 0.3) is 0 Å². The predicted molar refractivity (Wildman–Crippen MR) is 72.2 cm³/mol. The normalized spacial score (nSPS) is 11.4. The molecule has 0 aliphatic carbocycles. The Hall–Kier alpha value is -2.24. The zero-order valence-corrected chi connectivity index (χ0v) is 10.9. The van der Waals surface area contributed by atoms with Crippen LogP contribution in [0.1, 0.15) is 11.1 Å². The Morgan fingerprint density at radius 1 is 1.15 bits per heavy atom. The van der Waals surface area contributed by atoms with E-state index in [0.29, 0.717) is 12.2 Å². The number of aromatic nitrogens is 1. The molecule has 0 radical (unpaired) electrons. The standard InChI is InChI=1S/C14H14F3N3/c1-20(13-6-7-19-8-12(13)18)9-10-2-4-11(5-3-10)14(15,16)17/h2-8H,9,18H2,1H3. The van der Waals surface area contributed by atoms with E-state index in [9.17, 15) is 13.2 Å². The molecular weight excluding hydrogens is 267 g/mol. The first-order valence-electron chi connectivity index (χ1n) is 5.94. The van der Waals surface area contributed by atoms with Crippen LogP contribution < -0.4 is 10.6 Å². The molecule has 0 aliphatic heterocycles. The van der Waals surface area contributed by atoms with Crippen LogP contribution in [0.2, 0.25) is 0 Å². The smallest absolute Gasteiger partial charge is 0.396 e. The molecule has 0 spiro atoms. The van der Waals surface area contributed by atoms with Crippen molar-refractivity contribution in [3.8, 4) is 0 Å². The molecule has 0 atom stereocenters. The Morgan fingerprint density at radius 2 is 1.80 bits per heavy atom. The van der Waals surface area contributed by atoms with Gasteiger partial charge in [-0.05, 0) is 23.8 Å². The van der Waals surface area contributed by atoms with Gasteiger partial charge in [-0.25, -0.2) is 0 Å². The maximum absolute atomic E-state index is 12.5. The van der Waals surface area contributed by atoms with Gasteiger partial charge < -0.3 is 10.6 Å². The van der Waals surface area contributed by atoms with E-state index in [4.69, 9.17) is 5.73 Å². The first-order valence-corrected chi connectivity index (χ1v) is 5.94. The van der Waals surface area contributed by atoms with E-state index in [0.717, 1.165) is 23.4 Å². The lowest BCUT2D eigenvalue weighted by Gasteiger charge is -2.21. The molecule has 3 nitrogen and oxygen atoms in total. The number of hydrogen-bond acceptors (Lipinski definition) is 3. The number of nitrogens with zero attached hydrogens (tertiary/aromatic N) is 2. The van der Waals surface area contributed by atoms with Gasteiger partial charge in [-0.1, -0.05) is 12.1 Å². The third kappa shape index (κ3) is 3.20. The molecule has 0 saturated carbocycles. The van der Waals surface area contributed by atoms with Crippen molar-refractivity contribution in [2.75, 3.05) is 17.7 Å². The fraction of sp³-hybridized carbons (Fsp3) is 0.214. The van der Waals surface area contributed by atoms with E-state index in [2.05, 4.69) is 4.98 Å². The van der Waals surface area contributed by atoms with Gasteiger partial charge in [-0.2, -0.15) is 13.2 Å². The molecule has 6 heteroatoms. The largest absolute Gasteiger partial charge is 0.416 e. The second-order valence-electron chi connectivity index (χ2n) is 4.49. The van der Waals surface area contributed by atoms with Gasteiger partial charge in [0.2, 0.25) is 0 Å². The number of rotatable bonds is 3. The van der Waals surface area contributed by atoms with E-state index in [1.165, 1.54) is 12.1 Å². The molecule has 0 aliphatic rings. The monoisotopic (exact) mass is 281 g/mol. The van der Waals surface area contributed by atoms with Crippen molar-refractivity contribution in [2.24, 2.45) is 0 Å². The second-order valence-corrected chi connectivity index (χ2v) is 4.49. The van der Waals surface area contributed by atoms with E-state index in [-0.39, 0.29) is 0 Å². The number of alkyl halides is 3. The van der Waals surface area contributed by atoms with Crippen LogP contribution in [0.25, 0.3) is 0 Å². The zero-order chi connectivity index (χ0) is 14.8. The number of halogens is 3. The summed E-state index contributed by atoms with van der Waals surface area (Å²) in [7, 11) is 1.82. The predicted octanol–water partition coefficient (Wildman–Crippen LogP) is 3.32. The average Bonchev–Trinajstić information content (AvgIpc) is 2.38. The van der Waals surface area contributed by atoms with Crippen molar-refractivity contribution >= 4 is 11.4 Å². The molecule has 1 aromatic carbocycles. The van der Waals surface area contributed by atoms with Gasteiger partial charge in [0, 0.05) is 19.8 Å². The third-order valence-corrected chi connectivity index (χ3v) is 2.94. The van der Waals surface area contributed by atoms with E-state index in [1.54, 1.807) is 18.5 Å². The summed E-state index contributed by atoms with van der Waals surface area (Å²) >= 11 is 0. The fourth-order valence-corrected chi connectivity index (χ4v) is 1.91. The summed E-state index contributed by atoms with van der Waals surface area (Å²) in [4.78, 5) is 5.76. The van der Waals surface area contributed by atoms with Crippen molar-refractivity contribution < 1.29 is 13.2 Å².